The quantitative estimate of drug-likeness (QED) is 0.324. The molecule has 236 valence electrons. The lowest BCUT2D eigenvalue weighted by atomic mass is 9.99. The number of ether oxygens (including phenoxy) is 1. The highest BCUT2D eigenvalue weighted by molar-refractivity contribution is 7.92. The Morgan fingerprint density at radius 3 is 2.34 bits per heavy atom. The van der Waals surface area contributed by atoms with E-state index in [0.717, 1.165) is 24.3 Å². The summed E-state index contributed by atoms with van der Waals surface area (Å²) in [7, 11) is -2.46. The van der Waals surface area contributed by atoms with Gasteiger partial charge in [-0.15, -0.1) is 0 Å². The molecule has 0 fully saturated rings. The average molecular weight is 635 g/mol. The molecule has 0 saturated heterocycles. The number of halogens is 3. The van der Waals surface area contributed by atoms with Crippen LogP contribution in [-0.4, -0.2) is 74.2 Å². The number of anilines is 2. The number of amides is 3. The van der Waals surface area contributed by atoms with Crippen LogP contribution in [0.4, 0.5) is 29.3 Å². The first kappa shape index (κ1) is 32.6. The number of fused-ring (bicyclic) bond motifs is 1. The summed E-state index contributed by atoms with van der Waals surface area (Å²) < 4.78 is 73.2. The standard InChI is InChI=1S/C30H33F3N4O6S/c1-19-16-37(20(2)18-38)28(39)25-15-23(35-44(41,42)24-7-5-4-6-8-24)13-14-26(25)43-27(19)17-36(3)29(40)34-22-11-9-21(10-12-22)30(31,32)33/h4-15,19-20,27,35,38H,16-18H2,1-3H3,(H,34,40)/t19-,20+,27-/m0/s1. The molecule has 1 aliphatic heterocycles. The molecule has 0 spiro atoms. The van der Waals surface area contributed by atoms with Crippen LogP contribution in [0, 0.1) is 5.92 Å². The summed E-state index contributed by atoms with van der Waals surface area (Å²) in [5, 5.41) is 12.4. The first-order chi connectivity index (χ1) is 20.7. The SMILES string of the molecule is C[C@H](CO)N1C[C@H](C)[C@H](CN(C)C(=O)Nc2ccc(C(F)(F)F)cc2)Oc2ccc(NS(=O)(=O)c3ccccc3)cc2C1=O. The van der Waals surface area contributed by atoms with Gasteiger partial charge in [0, 0.05) is 30.9 Å². The van der Waals surface area contributed by atoms with Gasteiger partial charge < -0.3 is 25.0 Å². The van der Waals surface area contributed by atoms with E-state index in [0.29, 0.717) is 0 Å². The lowest BCUT2D eigenvalue weighted by Gasteiger charge is -2.38. The molecule has 10 nitrogen and oxygen atoms in total. The number of sulfonamides is 1. The van der Waals surface area contributed by atoms with Crippen LogP contribution in [0.3, 0.4) is 0 Å². The normalized spacial score (nSPS) is 17.9. The van der Waals surface area contributed by atoms with E-state index in [1.165, 1.54) is 47.2 Å². The minimum absolute atomic E-state index is 0.0327. The Morgan fingerprint density at radius 1 is 1.09 bits per heavy atom. The van der Waals surface area contributed by atoms with Crippen LogP contribution in [0.2, 0.25) is 0 Å². The second kappa shape index (κ2) is 13.1. The maximum absolute atomic E-state index is 13.7. The Balaban J connectivity index is 1.57. The Kier molecular flexibility index (Phi) is 9.74. The monoisotopic (exact) mass is 634 g/mol. The molecule has 14 heteroatoms. The number of nitrogens with zero attached hydrogens (tertiary/aromatic N) is 2. The lowest BCUT2D eigenvalue weighted by Crippen LogP contribution is -2.50. The van der Waals surface area contributed by atoms with Gasteiger partial charge in [0.25, 0.3) is 15.9 Å². The Bertz CT molecular complexity index is 1590. The first-order valence-electron chi connectivity index (χ1n) is 13.7. The van der Waals surface area contributed by atoms with E-state index in [1.807, 2.05) is 6.92 Å². The summed E-state index contributed by atoms with van der Waals surface area (Å²) in [6, 6.07) is 14.9. The molecule has 0 unspecified atom stereocenters. The molecule has 3 aromatic rings. The van der Waals surface area contributed by atoms with Gasteiger partial charge in [-0.2, -0.15) is 13.2 Å². The van der Waals surface area contributed by atoms with Crippen LogP contribution in [0.15, 0.2) is 77.7 Å². The van der Waals surface area contributed by atoms with E-state index in [9.17, 15) is 36.3 Å². The van der Waals surface area contributed by atoms with Gasteiger partial charge in [0.15, 0.2) is 0 Å². The summed E-state index contributed by atoms with van der Waals surface area (Å²) in [6.45, 7) is 3.36. The predicted molar refractivity (Wildman–Crippen MR) is 158 cm³/mol. The molecule has 44 heavy (non-hydrogen) atoms. The van der Waals surface area contributed by atoms with Gasteiger partial charge in [-0.3, -0.25) is 9.52 Å². The van der Waals surface area contributed by atoms with E-state index in [1.54, 1.807) is 25.1 Å². The zero-order valence-electron chi connectivity index (χ0n) is 24.2. The molecular formula is C30H33F3N4O6S. The van der Waals surface area contributed by atoms with Crippen LogP contribution in [0.5, 0.6) is 5.75 Å². The van der Waals surface area contributed by atoms with Gasteiger partial charge in [0.05, 0.1) is 35.2 Å². The molecule has 3 amide bonds. The number of rotatable bonds is 8. The second-order valence-electron chi connectivity index (χ2n) is 10.6. The zero-order chi connectivity index (χ0) is 32.2. The number of likely N-dealkylation sites (N-methyl/N-ethyl adjacent to an activating group) is 1. The number of urea groups is 1. The van der Waals surface area contributed by atoms with Gasteiger partial charge in [-0.05, 0) is 61.5 Å². The fraction of sp³-hybridized carbons (Fsp3) is 0.333. The lowest BCUT2D eigenvalue weighted by molar-refractivity contribution is -0.137. The number of carbonyl (C=O) groups is 2. The number of carbonyl (C=O) groups excluding carboxylic acids is 2. The van der Waals surface area contributed by atoms with E-state index in [4.69, 9.17) is 4.74 Å². The molecule has 0 bridgehead atoms. The average Bonchev–Trinajstić information content (AvgIpc) is 2.98. The molecule has 3 N–H and O–H groups in total. The number of nitrogens with one attached hydrogen (secondary N) is 2. The molecule has 0 aliphatic carbocycles. The van der Waals surface area contributed by atoms with Crippen LogP contribution < -0.4 is 14.8 Å². The molecular weight excluding hydrogens is 601 g/mol. The highest BCUT2D eigenvalue weighted by atomic mass is 32.2. The molecule has 4 rings (SSSR count). The van der Waals surface area contributed by atoms with Gasteiger partial charge in [-0.25, -0.2) is 13.2 Å². The van der Waals surface area contributed by atoms with Crippen molar-refractivity contribution in [3.8, 4) is 5.75 Å². The van der Waals surface area contributed by atoms with Gasteiger partial charge in [0.2, 0.25) is 0 Å². The zero-order valence-corrected chi connectivity index (χ0v) is 25.0. The van der Waals surface area contributed by atoms with Crippen molar-refractivity contribution in [3.63, 3.8) is 0 Å². The number of aliphatic hydroxyl groups excluding tert-OH is 1. The molecule has 1 aliphatic rings. The van der Waals surface area contributed by atoms with Crippen molar-refractivity contribution in [2.75, 3.05) is 36.8 Å². The van der Waals surface area contributed by atoms with Gasteiger partial charge in [0.1, 0.15) is 11.9 Å². The molecule has 0 radical (unpaired) electrons. The third-order valence-corrected chi connectivity index (χ3v) is 8.63. The van der Waals surface area contributed by atoms with Gasteiger partial charge in [-0.1, -0.05) is 25.1 Å². The summed E-state index contributed by atoms with van der Waals surface area (Å²) in [5.41, 5.74) is -0.482. The summed E-state index contributed by atoms with van der Waals surface area (Å²) in [5.74, 6) is -0.652. The highest BCUT2D eigenvalue weighted by Gasteiger charge is 2.34. The summed E-state index contributed by atoms with van der Waals surface area (Å²) in [6.07, 6.45) is -5.16. The van der Waals surface area contributed by atoms with E-state index < -0.39 is 45.8 Å². The van der Waals surface area contributed by atoms with Crippen molar-refractivity contribution >= 4 is 33.3 Å². The number of benzene rings is 3. The molecule has 1 heterocycles. The van der Waals surface area contributed by atoms with Crippen LogP contribution in [0.25, 0.3) is 0 Å². The number of hydrogen-bond donors (Lipinski definition) is 3. The Labute approximate surface area is 253 Å². The minimum atomic E-state index is -4.50. The number of hydrogen-bond acceptors (Lipinski definition) is 6. The molecule has 3 aromatic carbocycles. The number of alkyl halides is 3. The van der Waals surface area contributed by atoms with Crippen molar-refractivity contribution in [2.24, 2.45) is 5.92 Å². The second-order valence-corrected chi connectivity index (χ2v) is 12.3. The fourth-order valence-corrected chi connectivity index (χ4v) is 5.70. The number of aliphatic hydroxyl groups is 1. The third kappa shape index (κ3) is 7.61. The summed E-state index contributed by atoms with van der Waals surface area (Å²) in [4.78, 5) is 29.4. The fourth-order valence-electron chi connectivity index (χ4n) is 4.63. The van der Waals surface area contributed by atoms with Crippen molar-refractivity contribution in [3.05, 3.63) is 83.9 Å². The van der Waals surface area contributed by atoms with Crippen molar-refractivity contribution in [1.29, 1.82) is 0 Å². The first-order valence-corrected chi connectivity index (χ1v) is 15.2. The topological polar surface area (TPSA) is 128 Å². The van der Waals surface area contributed by atoms with Crippen LogP contribution in [0.1, 0.15) is 29.8 Å². The van der Waals surface area contributed by atoms with Crippen LogP contribution >= 0.6 is 0 Å². The highest BCUT2D eigenvalue weighted by Crippen LogP contribution is 2.32. The van der Waals surface area contributed by atoms with Crippen LogP contribution in [-0.2, 0) is 16.2 Å². The Morgan fingerprint density at radius 2 is 1.73 bits per heavy atom. The van der Waals surface area contributed by atoms with E-state index >= 15 is 0 Å². The molecule has 0 saturated carbocycles. The third-order valence-electron chi connectivity index (χ3n) is 7.23. The van der Waals surface area contributed by atoms with Gasteiger partial charge >= 0.3 is 12.2 Å². The summed E-state index contributed by atoms with van der Waals surface area (Å²) >= 11 is 0. The van der Waals surface area contributed by atoms with Crippen molar-refractivity contribution in [1.82, 2.24) is 9.80 Å². The minimum Gasteiger partial charge on any atom is -0.487 e. The predicted octanol–water partition coefficient (Wildman–Crippen LogP) is 4.89. The Hall–Kier alpha value is -4.30. The van der Waals surface area contributed by atoms with E-state index in [2.05, 4.69) is 10.0 Å². The van der Waals surface area contributed by atoms with Crippen molar-refractivity contribution in [2.45, 2.75) is 37.1 Å². The smallest absolute Gasteiger partial charge is 0.416 e. The molecule has 0 aromatic heterocycles. The molecule has 3 atom stereocenters. The van der Waals surface area contributed by atoms with Crippen molar-refractivity contribution < 1.29 is 41.0 Å². The van der Waals surface area contributed by atoms with E-state index in [-0.39, 0.29) is 53.2 Å². The maximum atomic E-state index is 13.7. The largest absolute Gasteiger partial charge is 0.487 e. The maximum Gasteiger partial charge on any atom is 0.416 e.